The van der Waals surface area contributed by atoms with Crippen LogP contribution in [0.15, 0.2) is 0 Å². The number of carbonyl (C=O) groups excluding carboxylic acids is 1. The molecule has 2 nitrogen and oxygen atoms in total. The van der Waals surface area contributed by atoms with Gasteiger partial charge in [-0.3, -0.25) is 4.79 Å². The molecule has 3 heteroatoms. The van der Waals surface area contributed by atoms with Gasteiger partial charge in [0.2, 0.25) is 0 Å². The summed E-state index contributed by atoms with van der Waals surface area (Å²) in [4.78, 5) is 9.18. The van der Waals surface area contributed by atoms with Crippen molar-refractivity contribution in [1.29, 1.82) is 0 Å². The Morgan fingerprint density at radius 2 is 1.80 bits per heavy atom. The zero-order valence-corrected chi connectivity index (χ0v) is 8.56. The Hall–Kier alpha value is -0.0500. The minimum atomic E-state index is 0.312. The highest BCUT2D eigenvalue weighted by atomic mass is 79.9. The molecule has 0 atom stereocenters. The van der Waals surface area contributed by atoms with Gasteiger partial charge in [0, 0.05) is 4.32 Å². The molecule has 0 fully saturated rings. The predicted molar refractivity (Wildman–Crippen MR) is 46.4 cm³/mol. The minimum Gasteiger partial charge on any atom is -0.468 e. The molecular formula is C7H15BrO2. The molecule has 0 amide bonds. The van der Waals surface area contributed by atoms with Crippen LogP contribution in [0, 0.1) is 0 Å². The van der Waals surface area contributed by atoms with Crippen molar-refractivity contribution in [1.82, 2.24) is 0 Å². The van der Waals surface area contributed by atoms with Gasteiger partial charge < -0.3 is 4.74 Å². The van der Waals surface area contributed by atoms with E-state index in [-0.39, 0.29) is 0 Å². The maximum Gasteiger partial charge on any atom is 0.293 e. The second-order valence-electron chi connectivity index (χ2n) is 2.62. The summed E-state index contributed by atoms with van der Waals surface area (Å²) in [6.45, 7) is 8.98. The van der Waals surface area contributed by atoms with E-state index in [1.165, 1.54) is 0 Å². The molecular weight excluding hydrogens is 196 g/mol. The first-order valence-electron chi connectivity index (χ1n) is 3.16. The fraction of sp³-hybridized carbons (Fsp3) is 0.857. The molecule has 0 rings (SSSR count). The topological polar surface area (TPSA) is 26.3 Å². The first-order valence-corrected chi connectivity index (χ1v) is 3.95. The lowest BCUT2D eigenvalue weighted by molar-refractivity contribution is -0.128. The smallest absolute Gasteiger partial charge is 0.293 e. The van der Waals surface area contributed by atoms with Crippen molar-refractivity contribution in [2.24, 2.45) is 0 Å². The van der Waals surface area contributed by atoms with Crippen LogP contribution in [0.3, 0.4) is 0 Å². The third-order valence-electron chi connectivity index (χ3n) is 0.235. The molecule has 0 aromatic rings. The van der Waals surface area contributed by atoms with Crippen molar-refractivity contribution in [2.45, 2.75) is 32.0 Å². The molecule has 62 valence electrons. The SMILES string of the molecule is CC(C)(C)Br.CCOC=O. The first-order chi connectivity index (χ1) is 4.41. The lowest BCUT2D eigenvalue weighted by Gasteiger charge is -2.02. The summed E-state index contributed by atoms with van der Waals surface area (Å²) >= 11 is 3.38. The largest absolute Gasteiger partial charge is 0.468 e. The number of hydrogen-bond donors (Lipinski definition) is 0. The molecule has 0 N–H and O–H groups in total. The summed E-state index contributed by atoms with van der Waals surface area (Å²) in [6.07, 6.45) is 0. The monoisotopic (exact) mass is 210 g/mol. The standard InChI is InChI=1S/C4H9Br.C3H6O2/c1-4(2,3)5;1-2-5-3-4/h1-3H3;3H,2H2,1H3. The quantitative estimate of drug-likeness (QED) is 0.517. The van der Waals surface area contributed by atoms with Crippen molar-refractivity contribution >= 4 is 22.4 Å². The number of alkyl halides is 1. The predicted octanol–water partition coefficient (Wildman–Crippen LogP) is 2.36. The van der Waals surface area contributed by atoms with Crippen molar-refractivity contribution in [3.05, 3.63) is 0 Å². The summed E-state index contributed by atoms with van der Waals surface area (Å²) in [6, 6.07) is 0. The molecule has 0 heterocycles. The van der Waals surface area contributed by atoms with Crippen LogP contribution in [-0.2, 0) is 9.53 Å². The summed E-state index contributed by atoms with van der Waals surface area (Å²) < 4.78 is 4.47. The fourth-order valence-electron chi connectivity index (χ4n) is 0.0680. The highest BCUT2D eigenvalue weighted by Crippen LogP contribution is 2.11. The van der Waals surface area contributed by atoms with E-state index >= 15 is 0 Å². The third kappa shape index (κ3) is 101. The molecule has 0 aliphatic rings. The summed E-state index contributed by atoms with van der Waals surface area (Å²) in [5.74, 6) is 0. The molecule has 10 heavy (non-hydrogen) atoms. The average Bonchev–Trinajstić information content (AvgIpc) is 1.63. The van der Waals surface area contributed by atoms with Crippen LogP contribution < -0.4 is 0 Å². The van der Waals surface area contributed by atoms with E-state index in [0.29, 0.717) is 17.4 Å². The zero-order chi connectivity index (χ0) is 8.62. The first kappa shape index (κ1) is 12.6. The van der Waals surface area contributed by atoms with Gasteiger partial charge in [0.25, 0.3) is 6.47 Å². The number of hydrogen-bond acceptors (Lipinski definition) is 2. The zero-order valence-electron chi connectivity index (χ0n) is 6.98. The number of carbonyl (C=O) groups is 1. The van der Waals surface area contributed by atoms with Gasteiger partial charge in [-0.05, 0) is 6.92 Å². The lowest BCUT2D eigenvalue weighted by Crippen LogP contribution is -1.97. The van der Waals surface area contributed by atoms with Crippen LogP contribution in [0.25, 0.3) is 0 Å². The number of halogens is 1. The Kier molecular flexibility index (Phi) is 8.91. The molecule has 0 saturated carbocycles. The molecule has 0 unspecified atom stereocenters. The van der Waals surface area contributed by atoms with Gasteiger partial charge in [0.05, 0.1) is 6.61 Å². The van der Waals surface area contributed by atoms with Gasteiger partial charge in [-0.1, -0.05) is 36.7 Å². The molecule has 0 aromatic heterocycles. The van der Waals surface area contributed by atoms with Crippen LogP contribution in [0.2, 0.25) is 0 Å². The second kappa shape index (κ2) is 7.06. The van der Waals surface area contributed by atoms with Crippen LogP contribution >= 0.6 is 15.9 Å². The van der Waals surface area contributed by atoms with Gasteiger partial charge in [-0.15, -0.1) is 0 Å². The number of ether oxygens (including phenoxy) is 1. The van der Waals surface area contributed by atoms with E-state index in [1.54, 1.807) is 6.92 Å². The van der Waals surface area contributed by atoms with Crippen molar-refractivity contribution in [3.63, 3.8) is 0 Å². The Morgan fingerprint density at radius 1 is 1.50 bits per heavy atom. The van der Waals surface area contributed by atoms with Crippen LogP contribution in [-0.4, -0.2) is 17.4 Å². The average molecular weight is 211 g/mol. The van der Waals surface area contributed by atoms with Gasteiger partial charge >= 0.3 is 0 Å². The van der Waals surface area contributed by atoms with E-state index in [9.17, 15) is 4.79 Å². The molecule has 0 aromatic carbocycles. The second-order valence-corrected chi connectivity index (χ2v) is 5.00. The minimum absolute atomic E-state index is 0.312. The van der Waals surface area contributed by atoms with Crippen LogP contribution in [0.5, 0.6) is 0 Å². The Morgan fingerprint density at radius 3 is 1.80 bits per heavy atom. The maximum atomic E-state index is 9.18. The molecule has 0 radical (unpaired) electrons. The Labute approximate surface area is 71.1 Å². The van der Waals surface area contributed by atoms with E-state index in [4.69, 9.17) is 0 Å². The lowest BCUT2D eigenvalue weighted by atomic mass is 10.3. The van der Waals surface area contributed by atoms with Crippen LogP contribution in [0.4, 0.5) is 0 Å². The normalized spacial score (nSPS) is 9.30. The highest BCUT2D eigenvalue weighted by Gasteiger charge is 1.98. The highest BCUT2D eigenvalue weighted by molar-refractivity contribution is 9.10. The van der Waals surface area contributed by atoms with Crippen LogP contribution in [0.1, 0.15) is 27.7 Å². The molecule has 0 aliphatic carbocycles. The van der Waals surface area contributed by atoms with Crippen molar-refractivity contribution in [3.8, 4) is 0 Å². The maximum absolute atomic E-state index is 9.18. The van der Waals surface area contributed by atoms with E-state index < -0.39 is 0 Å². The summed E-state index contributed by atoms with van der Waals surface area (Å²) in [5.41, 5.74) is 0. The van der Waals surface area contributed by atoms with Crippen molar-refractivity contribution in [2.75, 3.05) is 6.61 Å². The van der Waals surface area contributed by atoms with E-state index in [0.717, 1.165) is 0 Å². The molecule has 0 bridgehead atoms. The molecule has 0 spiro atoms. The fourth-order valence-corrected chi connectivity index (χ4v) is 0.0680. The summed E-state index contributed by atoms with van der Waals surface area (Å²) in [7, 11) is 0. The Balaban J connectivity index is 0. The van der Waals surface area contributed by atoms with Gasteiger partial charge in [-0.25, -0.2) is 0 Å². The third-order valence-corrected chi connectivity index (χ3v) is 0.235. The van der Waals surface area contributed by atoms with Gasteiger partial charge in [-0.2, -0.15) is 0 Å². The van der Waals surface area contributed by atoms with E-state index in [1.807, 2.05) is 0 Å². The van der Waals surface area contributed by atoms with Gasteiger partial charge in [0.15, 0.2) is 0 Å². The van der Waals surface area contributed by atoms with Gasteiger partial charge in [0.1, 0.15) is 0 Å². The summed E-state index contributed by atoms with van der Waals surface area (Å²) in [5, 5.41) is 0. The molecule has 0 saturated heterocycles. The van der Waals surface area contributed by atoms with Crippen molar-refractivity contribution < 1.29 is 9.53 Å². The Bertz CT molecular complexity index is 70.2. The molecule has 0 aliphatic heterocycles. The van der Waals surface area contributed by atoms with E-state index in [2.05, 4.69) is 41.4 Å². The number of rotatable bonds is 2.